The monoisotopic (exact) mass is 495 g/mol. The maximum atomic E-state index is 12.9. The largest absolute Gasteiger partial charge is 0.368 e. The minimum Gasteiger partial charge on any atom is -0.368 e. The predicted molar refractivity (Wildman–Crippen MR) is 129 cm³/mol. The van der Waals surface area contributed by atoms with Crippen molar-refractivity contribution in [3.05, 3.63) is 51.7 Å². The number of rotatable bonds is 11. The lowest BCUT2D eigenvalue weighted by atomic mass is 10.1. The Balaban J connectivity index is 2.23. The second-order valence-electron chi connectivity index (χ2n) is 7.58. The second kappa shape index (κ2) is 11.3. The number of benzene rings is 1. The number of carbonyl (C=O) groups excluding carboxylic acids is 3. The Bertz CT molecular complexity index is 1100. The summed E-state index contributed by atoms with van der Waals surface area (Å²) in [6.07, 6.45) is 1.03. The molecule has 0 saturated carbocycles. The summed E-state index contributed by atoms with van der Waals surface area (Å²) in [6.45, 7) is 3.93. The summed E-state index contributed by atoms with van der Waals surface area (Å²) in [6, 6.07) is 5.31. The standard InChI is InChI=1S/C21H29N5O5S2/c1-13(15-5-8-32-12-15)25-21(29)17-9-16(10-18(11-17)26(3)33(4,30)31)20(28)24-7-6-23-14(2)19(22)27/h5,8-14,23H,6-7H2,1-4H3,(H2,22,27)(H,24,28)(H,25,29)/t13?,14-/m0/s1. The lowest BCUT2D eigenvalue weighted by Crippen LogP contribution is -2.42. The summed E-state index contributed by atoms with van der Waals surface area (Å²) in [5, 5.41) is 12.2. The van der Waals surface area contributed by atoms with Crippen LogP contribution in [0.2, 0.25) is 0 Å². The van der Waals surface area contributed by atoms with E-state index in [1.54, 1.807) is 6.92 Å². The van der Waals surface area contributed by atoms with Gasteiger partial charge in [-0.05, 0) is 54.4 Å². The van der Waals surface area contributed by atoms with E-state index in [2.05, 4.69) is 16.0 Å². The average Bonchev–Trinajstić information content (AvgIpc) is 3.29. The minimum absolute atomic E-state index is 0.124. The number of primary amides is 1. The Kier molecular flexibility index (Phi) is 8.97. The van der Waals surface area contributed by atoms with Gasteiger partial charge in [-0.2, -0.15) is 11.3 Å². The highest BCUT2D eigenvalue weighted by Crippen LogP contribution is 2.22. The van der Waals surface area contributed by atoms with Crippen LogP contribution in [0.3, 0.4) is 0 Å². The molecule has 1 aromatic carbocycles. The number of anilines is 1. The molecule has 1 heterocycles. The molecule has 0 bridgehead atoms. The Hall–Kier alpha value is -2.96. The Morgan fingerprint density at radius 2 is 1.73 bits per heavy atom. The molecule has 0 fully saturated rings. The topological polar surface area (TPSA) is 151 Å². The van der Waals surface area contributed by atoms with Crippen LogP contribution in [-0.4, -0.2) is 58.6 Å². The number of hydrogen-bond donors (Lipinski definition) is 4. The number of amides is 3. The van der Waals surface area contributed by atoms with Crippen molar-refractivity contribution in [2.24, 2.45) is 5.73 Å². The number of nitrogens with one attached hydrogen (secondary N) is 3. The fraction of sp³-hybridized carbons (Fsp3) is 0.381. The van der Waals surface area contributed by atoms with Gasteiger partial charge in [-0.15, -0.1) is 0 Å². The lowest BCUT2D eigenvalue weighted by Gasteiger charge is -2.20. The fourth-order valence-electron chi connectivity index (χ4n) is 2.80. The van der Waals surface area contributed by atoms with Gasteiger partial charge in [0.1, 0.15) is 0 Å². The van der Waals surface area contributed by atoms with Crippen molar-refractivity contribution in [2.45, 2.75) is 25.9 Å². The number of thiophene rings is 1. The zero-order chi connectivity index (χ0) is 24.8. The molecule has 2 aromatic rings. The quantitative estimate of drug-likeness (QED) is 0.339. The normalized spacial score (nSPS) is 13.1. The zero-order valence-corrected chi connectivity index (χ0v) is 20.5. The van der Waals surface area contributed by atoms with Crippen LogP contribution in [0.5, 0.6) is 0 Å². The minimum atomic E-state index is -3.62. The van der Waals surface area contributed by atoms with Crippen molar-refractivity contribution in [1.82, 2.24) is 16.0 Å². The third kappa shape index (κ3) is 7.55. The van der Waals surface area contributed by atoms with E-state index < -0.39 is 33.8 Å². The van der Waals surface area contributed by atoms with Crippen LogP contribution in [0.15, 0.2) is 35.0 Å². The summed E-state index contributed by atoms with van der Waals surface area (Å²) in [5.74, 6) is -1.44. The summed E-state index contributed by atoms with van der Waals surface area (Å²) < 4.78 is 25.1. The Morgan fingerprint density at radius 3 is 2.27 bits per heavy atom. The van der Waals surface area contributed by atoms with Gasteiger partial charge in [0.05, 0.1) is 24.0 Å². The molecule has 10 nitrogen and oxygen atoms in total. The van der Waals surface area contributed by atoms with Crippen LogP contribution in [0.1, 0.15) is 46.2 Å². The molecule has 33 heavy (non-hydrogen) atoms. The third-order valence-corrected chi connectivity index (χ3v) is 6.89. The van der Waals surface area contributed by atoms with E-state index in [1.807, 2.05) is 23.8 Å². The molecule has 3 amide bonds. The second-order valence-corrected chi connectivity index (χ2v) is 10.4. The van der Waals surface area contributed by atoms with Gasteiger partial charge in [0, 0.05) is 31.3 Å². The molecule has 1 unspecified atom stereocenters. The molecule has 5 N–H and O–H groups in total. The number of sulfonamides is 1. The van der Waals surface area contributed by atoms with Crippen molar-refractivity contribution in [1.29, 1.82) is 0 Å². The van der Waals surface area contributed by atoms with Crippen molar-refractivity contribution in [3.8, 4) is 0 Å². The number of nitrogens with two attached hydrogens (primary N) is 1. The molecule has 2 atom stereocenters. The van der Waals surface area contributed by atoms with Gasteiger partial charge in [0.15, 0.2) is 0 Å². The van der Waals surface area contributed by atoms with Gasteiger partial charge in [-0.1, -0.05) is 0 Å². The summed E-state index contributed by atoms with van der Waals surface area (Å²) in [4.78, 5) is 36.7. The van der Waals surface area contributed by atoms with Gasteiger partial charge in [0.25, 0.3) is 11.8 Å². The molecule has 0 aliphatic carbocycles. The number of hydrogen-bond acceptors (Lipinski definition) is 7. The van der Waals surface area contributed by atoms with E-state index >= 15 is 0 Å². The fourth-order valence-corrected chi connectivity index (χ4v) is 4.04. The molecule has 0 aliphatic rings. The first-order valence-corrected chi connectivity index (χ1v) is 12.9. The molecule has 0 radical (unpaired) electrons. The van der Waals surface area contributed by atoms with E-state index in [-0.39, 0.29) is 29.4 Å². The first-order valence-electron chi connectivity index (χ1n) is 10.1. The predicted octanol–water partition coefficient (Wildman–Crippen LogP) is 0.828. The first-order chi connectivity index (χ1) is 15.4. The molecule has 0 spiro atoms. The van der Waals surface area contributed by atoms with Gasteiger partial charge < -0.3 is 21.7 Å². The first kappa shape index (κ1) is 26.3. The summed E-state index contributed by atoms with van der Waals surface area (Å²) >= 11 is 1.51. The van der Waals surface area contributed by atoms with Crippen LogP contribution >= 0.6 is 11.3 Å². The highest BCUT2D eigenvalue weighted by atomic mass is 32.2. The van der Waals surface area contributed by atoms with Crippen LogP contribution in [0, 0.1) is 0 Å². The zero-order valence-electron chi connectivity index (χ0n) is 18.9. The van der Waals surface area contributed by atoms with Crippen LogP contribution in [0.4, 0.5) is 5.69 Å². The molecule has 180 valence electrons. The average molecular weight is 496 g/mol. The Morgan fingerprint density at radius 1 is 1.09 bits per heavy atom. The summed E-state index contributed by atoms with van der Waals surface area (Å²) in [5.41, 5.74) is 6.57. The maximum Gasteiger partial charge on any atom is 0.251 e. The number of nitrogens with zero attached hydrogens (tertiary/aromatic N) is 1. The van der Waals surface area contributed by atoms with E-state index in [4.69, 9.17) is 5.73 Å². The molecular weight excluding hydrogens is 466 g/mol. The van der Waals surface area contributed by atoms with Gasteiger partial charge >= 0.3 is 0 Å². The molecule has 0 aliphatic heterocycles. The van der Waals surface area contributed by atoms with Crippen molar-refractivity contribution in [2.75, 3.05) is 30.7 Å². The SMILES string of the molecule is CC(NC(=O)c1cc(C(=O)NCCN[C@@H](C)C(N)=O)cc(N(C)S(C)(=O)=O)c1)c1ccsc1. The van der Waals surface area contributed by atoms with Crippen molar-refractivity contribution in [3.63, 3.8) is 0 Å². The Labute approximate surface area is 197 Å². The van der Waals surface area contributed by atoms with E-state index in [0.717, 1.165) is 16.1 Å². The maximum absolute atomic E-state index is 12.9. The van der Waals surface area contributed by atoms with Crippen LogP contribution in [-0.2, 0) is 14.8 Å². The lowest BCUT2D eigenvalue weighted by molar-refractivity contribution is -0.119. The molecule has 2 rings (SSSR count). The molecule has 12 heteroatoms. The van der Waals surface area contributed by atoms with E-state index in [9.17, 15) is 22.8 Å². The third-order valence-electron chi connectivity index (χ3n) is 4.98. The highest BCUT2D eigenvalue weighted by Gasteiger charge is 2.20. The van der Waals surface area contributed by atoms with Crippen LogP contribution < -0.4 is 26.0 Å². The summed E-state index contributed by atoms with van der Waals surface area (Å²) in [7, 11) is -2.28. The molecule has 1 aromatic heterocycles. The van der Waals surface area contributed by atoms with E-state index in [0.29, 0.717) is 6.54 Å². The van der Waals surface area contributed by atoms with Crippen LogP contribution in [0.25, 0.3) is 0 Å². The molecule has 0 saturated heterocycles. The van der Waals surface area contributed by atoms with Crippen molar-refractivity contribution < 1.29 is 22.8 Å². The highest BCUT2D eigenvalue weighted by molar-refractivity contribution is 7.92. The van der Waals surface area contributed by atoms with Gasteiger partial charge in [0.2, 0.25) is 15.9 Å². The van der Waals surface area contributed by atoms with E-state index in [1.165, 1.54) is 36.6 Å². The molecular formula is C21H29N5O5S2. The number of carbonyl (C=O) groups is 3. The van der Waals surface area contributed by atoms with Gasteiger partial charge in [-0.3, -0.25) is 18.7 Å². The van der Waals surface area contributed by atoms with Gasteiger partial charge in [-0.25, -0.2) is 8.42 Å². The smallest absolute Gasteiger partial charge is 0.251 e. The van der Waals surface area contributed by atoms with Crippen molar-refractivity contribution >= 4 is 44.8 Å².